The third-order valence-electron chi connectivity index (χ3n) is 2.95. The maximum Gasteiger partial charge on any atom is 0.148 e. The van der Waals surface area contributed by atoms with Gasteiger partial charge in [0.1, 0.15) is 12.1 Å². The maximum atomic E-state index is 9.56. The van der Waals surface area contributed by atoms with Gasteiger partial charge in [0.05, 0.1) is 28.6 Å². The second-order valence-corrected chi connectivity index (χ2v) is 5.03. The number of thiophene rings is 1. The second kappa shape index (κ2) is 4.94. The zero-order valence-corrected chi connectivity index (χ0v) is 11.1. The molecule has 0 spiro atoms. The predicted molar refractivity (Wildman–Crippen MR) is 74.1 cm³/mol. The Balaban J connectivity index is 1.95. The molecule has 0 aliphatic carbocycles. The lowest BCUT2D eigenvalue weighted by Gasteiger charge is -2.17. The first kappa shape index (κ1) is 12.1. The Labute approximate surface area is 113 Å². The van der Waals surface area contributed by atoms with Crippen molar-refractivity contribution in [2.24, 2.45) is 7.05 Å². The fourth-order valence-corrected chi connectivity index (χ4v) is 2.79. The third kappa shape index (κ3) is 2.18. The van der Waals surface area contributed by atoms with Gasteiger partial charge in [-0.3, -0.25) is 4.68 Å². The van der Waals surface area contributed by atoms with Gasteiger partial charge < -0.3 is 10.4 Å². The predicted octanol–water partition coefficient (Wildman–Crippen LogP) is 1.57. The molecule has 3 rings (SSSR count). The molecule has 0 aliphatic rings. The fraction of sp³-hybridized carbons (Fsp3) is 0.250. The number of anilines is 1. The summed E-state index contributed by atoms with van der Waals surface area (Å²) in [6.07, 6.45) is 3.23. The first-order chi connectivity index (χ1) is 9.29. The SMILES string of the molecule is Cn1nccc1[C@H](CO)Nc1ncnc2ccsc12. The van der Waals surface area contributed by atoms with E-state index in [1.165, 1.54) is 6.33 Å². The largest absolute Gasteiger partial charge is 0.394 e. The number of aromatic nitrogens is 4. The molecule has 0 fully saturated rings. The van der Waals surface area contributed by atoms with Crippen LogP contribution in [0.1, 0.15) is 11.7 Å². The van der Waals surface area contributed by atoms with Gasteiger partial charge in [0, 0.05) is 13.2 Å². The van der Waals surface area contributed by atoms with Gasteiger partial charge in [-0.15, -0.1) is 11.3 Å². The molecule has 1 atom stereocenters. The molecule has 6 nitrogen and oxygen atoms in total. The topological polar surface area (TPSA) is 75.9 Å². The Hall–Kier alpha value is -1.99. The minimum absolute atomic E-state index is 0.0313. The summed E-state index contributed by atoms with van der Waals surface area (Å²) in [5, 5.41) is 18.9. The molecule has 3 heterocycles. The molecule has 0 radical (unpaired) electrons. The lowest BCUT2D eigenvalue weighted by atomic mass is 10.2. The minimum Gasteiger partial charge on any atom is -0.394 e. The Morgan fingerprint density at radius 1 is 1.42 bits per heavy atom. The highest BCUT2D eigenvalue weighted by atomic mass is 32.1. The molecule has 0 saturated carbocycles. The normalized spacial score (nSPS) is 12.7. The number of nitrogens with one attached hydrogen (secondary N) is 1. The smallest absolute Gasteiger partial charge is 0.148 e. The van der Waals surface area contributed by atoms with Crippen molar-refractivity contribution in [1.82, 2.24) is 19.7 Å². The Bertz CT molecular complexity index is 692. The van der Waals surface area contributed by atoms with Gasteiger partial charge in [0.2, 0.25) is 0 Å². The van der Waals surface area contributed by atoms with E-state index in [0.29, 0.717) is 0 Å². The maximum absolute atomic E-state index is 9.56. The second-order valence-electron chi connectivity index (χ2n) is 4.12. The van der Waals surface area contributed by atoms with Crippen LogP contribution in [0, 0.1) is 0 Å². The average Bonchev–Trinajstić information content (AvgIpc) is 3.05. The number of aliphatic hydroxyl groups is 1. The Kier molecular flexibility index (Phi) is 3.14. The molecule has 98 valence electrons. The highest BCUT2D eigenvalue weighted by molar-refractivity contribution is 7.17. The molecule has 0 saturated heterocycles. The van der Waals surface area contributed by atoms with Crippen molar-refractivity contribution in [3.8, 4) is 0 Å². The zero-order valence-electron chi connectivity index (χ0n) is 10.3. The van der Waals surface area contributed by atoms with Crippen LogP contribution in [-0.4, -0.2) is 31.5 Å². The van der Waals surface area contributed by atoms with Crippen LogP contribution in [-0.2, 0) is 7.05 Å². The minimum atomic E-state index is -0.243. The summed E-state index contributed by atoms with van der Waals surface area (Å²) in [5.74, 6) is 0.736. The molecular formula is C12H13N5OS. The van der Waals surface area contributed by atoms with E-state index in [4.69, 9.17) is 0 Å². The molecule has 0 aliphatic heterocycles. The number of aliphatic hydroxyl groups excluding tert-OH is 1. The van der Waals surface area contributed by atoms with Crippen LogP contribution in [0.25, 0.3) is 10.2 Å². The van der Waals surface area contributed by atoms with E-state index < -0.39 is 0 Å². The van der Waals surface area contributed by atoms with Crippen LogP contribution in [0.3, 0.4) is 0 Å². The van der Waals surface area contributed by atoms with E-state index in [-0.39, 0.29) is 12.6 Å². The van der Waals surface area contributed by atoms with Crippen molar-refractivity contribution in [3.63, 3.8) is 0 Å². The van der Waals surface area contributed by atoms with Gasteiger partial charge in [0.25, 0.3) is 0 Å². The van der Waals surface area contributed by atoms with E-state index in [1.54, 1.807) is 22.2 Å². The number of rotatable bonds is 4. The van der Waals surface area contributed by atoms with Crippen LogP contribution >= 0.6 is 11.3 Å². The summed E-state index contributed by atoms with van der Waals surface area (Å²) < 4.78 is 2.73. The number of aryl methyl sites for hydroxylation is 1. The first-order valence-corrected chi connectivity index (χ1v) is 6.71. The van der Waals surface area contributed by atoms with E-state index in [1.807, 2.05) is 24.6 Å². The fourth-order valence-electron chi connectivity index (χ4n) is 2.00. The van der Waals surface area contributed by atoms with Crippen LogP contribution in [0.4, 0.5) is 5.82 Å². The molecule has 0 bridgehead atoms. The zero-order chi connectivity index (χ0) is 13.2. The number of nitrogens with zero attached hydrogens (tertiary/aromatic N) is 4. The van der Waals surface area contributed by atoms with E-state index in [0.717, 1.165) is 21.7 Å². The van der Waals surface area contributed by atoms with Crippen LogP contribution < -0.4 is 5.32 Å². The van der Waals surface area contributed by atoms with Gasteiger partial charge >= 0.3 is 0 Å². The summed E-state index contributed by atoms with van der Waals surface area (Å²) in [6.45, 7) is -0.0313. The summed E-state index contributed by atoms with van der Waals surface area (Å²) >= 11 is 1.58. The molecule has 3 aromatic heterocycles. The number of fused-ring (bicyclic) bond motifs is 1. The van der Waals surface area contributed by atoms with E-state index >= 15 is 0 Å². The van der Waals surface area contributed by atoms with Crippen LogP contribution in [0.5, 0.6) is 0 Å². The van der Waals surface area contributed by atoms with Crippen LogP contribution in [0.15, 0.2) is 30.0 Å². The Morgan fingerprint density at radius 2 is 2.32 bits per heavy atom. The van der Waals surface area contributed by atoms with Crippen LogP contribution in [0.2, 0.25) is 0 Å². The third-order valence-corrected chi connectivity index (χ3v) is 3.86. The average molecular weight is 275 g/mol. The molecule has 0 aromatic carbocycles. The van der Waals surface area contributed by atoms with Crippen molar-refractivity contribution in [1.29, 1.82) is 0 Å². The standard InChI is InChI=1S/C12H13N5OS/c1-17-10(2-4-15-17)9(6-18)16-12-11-8(3-5-19-11)13-7-14-12/h2-5,7,9,18H,6H2,1H3,(H,13,14,16)/t9-/m0/s1. The molecular weight excluding hydrogens is 262 g/mol. The van der Waals surface area contributed by atoms with Gasteiger partial charge in [0.15, 0.2) is 0 Å². The summed E-state index contributed by atoms with van der Waals surface area (Å²) in [4.78, 5) is 8.45. The molecule has 3 aromatic rings. The highest BCUT2D eigenvalue weighted by Gasteiger charge is 2.16. The van der Waals surface area contributed by atoms with E-state index in [9.17, 15) is 5.11 Å². The molecule has 0 unspecified atom stereocenters. The summed E-state index contributed by atoms with van der Waals surface area (Å²) in [5.41, 5.74) is 1.81. The first-order valence-electron chi connectivity index (χ1n) is 5.83. The molecule has 2 N–H and O–H groups in total. The monoisotopic (exact) mass is 275 g/mol. The van der Waals surface area contributed by atoms with Gasteiger partial charge in [-0.1, -0.05) is 0 Å². The van der Waals surface area contributed by atoms with E-state index in [2.05, 4.69) is 20.4 Å². The lowest BCUT2D eigenvalue weighted by Crippen LogP contribution is -2.19. The van der Waals surface area contributed by atoms with Gasteiger partial charge in [-0.25, -0.2) is 9.97 Å². The van der Waals surface area contributed by atoms with Gasteiger partial charge in [-0.05, 0) is 17.5 Å². The summed E-state index contributed by atoms with van der Waals surface area (Å²) in [6, 6.07) is 3.58. The molecule has 0 amide bonds. The molecule has 7 heteroatoms. The molecule has 19 heavy (non-hydrogen) atoms. The van der Waals surface area contributed by atoms with Crippen molar-refractivity contribution >= 4 is 27.4 Å². The van der Waals surface area contributed by atoms with Crippen molar-refractivity contribution in [3.05, 3.63) is 35.7 Å². The quantitative estimate of drug-likeness (QED) is 0.756. The highest BCUT2D eigenvalue weighted by Crippen LogP contribution is 2.27. The van der Waals surface area contributed by atoms with Crippen molar-refractivity contribution < 1.29 is 5.11 Å². The number of hydrogen-bond donors (Lipinski definition) is 2. The summed E-state index contributed by atoms with van der Waals surface area (Å²) in [7, 11) is 1.85. The van der Waals surface area contributed by atoms with Gasteiger partial charge in [-0.2, -0.15) is 5.10 Å². The lowest BCUT2D eigenvalue weighted by molar-refractivity contribution is 0.271. The number of hydrogen-bond acceptors (Lipinski definition) is 6. The Morgan fingerprint density at radius 3 is 3.05 bits per heavy atom. The van der Waals surface area contributed by atoms with Crippen molar-refractivity contribution in [2.75, 3.05) is 11.9 Å². The van der Waals surface area contributed by atoms with Crippen molar-refractivity contribution in [2.45, 2.75) is 6.04 Å².